The van der Waals surface area contributed by atoms with Crippen molar-refractivity contribution in [3.05, 3.63) is 35.9 Å². The van der Waals surface area contributed by atoms with E-state index in [0.29, 0.717) is 11.5 Å². The van der Waals surface area contributed by atoms with E-state index in [1.165, 1.54) is 57.8 Å². The minimum absolute atomic E-state index is 0.392. The maximum atomic E-state index is 3.84. The topological polar surface area (TPSA) is 12.0 Å². The fourth-order valence-corrected chi connectivity index (χ4v) is 4.21. The maximum absolute atomic E-state index is 3.84. The molecule has 1 aromatic carbocycles. The number of nitrogens with one attached hydrogen (secondary N) is 1. The summed E-state index contributed by atoms with van der Waals surface area (Å²) in [5.74, 6) is 0. The highest BCUT2D eigenvalue weighted by atomic mass is 14.9. The second-order valence-electron chi connectivity index (χ2n) is 6.69. The van der Waals surface area contributed by atoms with E-state index in [0.717, 1.165) is 6.54 Å². The first-order valence-electron chi connectivity index (χ1n) is 9.12. The minimum atomic E-state index is 0.392. The highest BCUT2D eigenvalue weighted by Gasteiger charge is 2.41. The Hall–Kier alpha value is -0.820. The fraction of sp³-hybridized carbons (Fsp3) is 0.700. The average Bonchev–Trinajstić information content (AvgIpc) is 3.02. The van der Waals surface area contributed by atoms with Crippen LogP contribution in [-0.4, -0.2) is 12.6 Å². The Bertz CT molecular complexity index is 378. The van der Waals surface area contributed by atoms with Crippen molar-refractivity contribution in [2.45, 2.75) is 83.1 Å². The van der Waals surface area contributed by atoms with E-state index in [9.17, 15) is 0 Å². The molecule has 0 radical (unpaired) electrons. The molecule has 21 heavy (non-hydrogen) atoms. The van der Waals surface area contributed by atoms with Crippen LogP contribution in [0.2, 0.25) is 0 Å². The molecule has 0 spiro atoms. The van der Waals surface area contributed by atoms with Gasteiger partial charge in [-0.25, -0.2) is 0 Å². The van der Waals surface area contributed by atoms with E-state index in [1.807, 2.05) is 0 Å². The van der Waals surface area contributed by atoms with Gasteiger partial charge in [0.05, 0.1) is 0 Å². The average molecular weight is 287 g/mol. The molecule has 1 unspecified atom stereocenters. The van der Waals surface area contributed by atoms with E-state index in [4.69, 9.17) is 0 Å². The summed E-state index contributed by atoms with van der Waals surface area (Å²) in [5, 5.41) is 3.84. The Kier molecular flexibility index (Phi) is 6.76. The molecule has 0 aromatic heterocycles. The lowest BCUT2D eigenvalue weighted by molar-refractivity contribution is 0.278. The van der Waals surface area contributed by atoms with Crippen LogP contribution in [0.5, 0.6) is 0 Å². The van der Waals surface area contributed by atoms with Crippen molar-refractivity contribution >= 4 is 0 Å². The van der Waals surface area contributed by atoms with Gasteiger partial charge < -0.3 is 5.32 Å². The Morgan fingerprint density at radius 3 is 2.33 bits per heavy atom. The smallest absolute Gasteiger partial charge is 0.0164 e. The van der Waals surface area contributed by atoms with Crippen LogP contribution < -0.4 is 5.32 Å². The van der Waals surface area contributed by atoms with Gasteiger partial charge in [0.25, 0.3) is 0 Å². The fourth-order valence-electron chi connectivity index (χ4n) is 4.21. The number of likely N-dealkylation sites (N-methyl/N-ethyl adjacent to an activating group) is 1. The van der Waals surface area contributed by atoms with Crippen molar-refractivity contribution in [2.24, 2.45) is 0 Å². The molecule has 0 amide bonds. The molecule has 1 aliphatic carbocycles. The largest absolute Gasteiger partial charge is 0.313 e. The highest BCUT2D eigenvalue weighted by Crippen LogP contribution is 2.45. The Balaban J connectivity index is 2.12. The lowest BCUT2D eigenvalue weighted by Crippen LogP contribution is -2.47. The van der Waals surface area contributed by atoms with Gasteiger partial charge in [-0.1, -0.05) is 82.7 Å². The molecule has 0 heterocycles. The van der Waals surface area contributed by atoms with Crippen LogP contribution >= 0.6 is 0 Å². The van der Waals surface area contributed by atoms with Crippen molar-refractivity contribution in [3.8, 4) is 0 Å². The third-order valence-electron chi connectivity index (χ3n) is 5.31. The summed E-state index contributed by atoms with van der Waals surface area (Å²) in [6.07, 6.45) is 12.3. The van der Waals surface area contributed by atoms with Gasteiger partial charge in [-0.3, -0.25) is 0 Å². The predicted octanol–water partition coefficient (Wildman–Crippen LogP) is 5.45. The molecule has 0 bridgehead atoms. The van der Waals surface area contributed by atoms with Crippen LogP contribution in [0, 0.1) is 0 Å². The van der Waals surface area contributed by atoms with Crippen molar-refractivity contribution in [1.82, 2.24) is 5.32 Å². The molecular weight excluding hydrogens is 254 g/mol. The van der Waals surface area contributed by atoms with Crippen LogP contribution in [0.25, 0.3) is 0 Å². The normalized spacial score (nSPS) is 18.8. The second-order valence-corrected chi connectivity index (χ2v) is 6.69. The molecule has 1 fully saturated rings. The zero-order valence-corrected chi connectivity index (χ0v) is 14.0. The van der Waals surface area contributed by atoms with Gasteiger partial charge in [0, 0.05) is 11.5 Å². The maximum Gasteiger partial charge on any atom is 0.0164 e. The molecule has 0 aliphatic heterocycles. The second kappa shape index (κ2) is 8.58. The molecule has 1 N–H and O–H groups in total. The predicted molar refractivity (Wildman–Crippen MR) is 92.8 cm³/mol. The van der Waals surface area contributed by atoms with Gasteiger partial charge in [0.1, 0.15) is 0 Å². The number of rotatable bonds is 9. The molecular formula is C20H33N. The van der Waals surface area contributed by atoms with Crippen LogP contribution in [0.15, 0.2) is 30.3 Å². The Labute approximate surface area is 131 Å². The quantitative estimate of drug-likeness (QED) is 0.596. The number of hydrogen-bond donors (Lipinski definition) is 1. The lowest BCUT2D eigenvalue weighted by atomic mass is 9.71. The van der Waals surface area contributed by atoms with Crippen molar-refractivity contribution in [2.75, 3.05) is 6.54 Å². The highest BCUT2D eigenvalue weighted by molar-refractivity contribution is 5.29. The first kappa shape index (κ1) is 16.5. The molecule has 1 heteroatoms. The summed E-state index contributed by atoms with van der Waals surface area (Å²) in [6.45, 7) is 5.64. The molecule has 118 valence electrons. The summed E-state index contributed by atoms with van der Waals surface area (Å²) >= 11 is 0. The summed E-state index contributed by atoms with van der Waals surface area (Å²) in [7, 11) is 0. The molecule has 0 saturated heterocycles. The number of benzene rings is 1. The van der Waals surface area contributed by atoms with E-state index in [-0.39, 0.29) is 0 Å². The molecule has 1 aliphatic rings. The van der Waals surface area contributed by atoms with Gasteiger partial charge in [0.2, 0.25) is 0 Å². The van der Waals surface area contributed by atoms with Gasteiger partial charge in [-0.2, -0.15) is 0 Å². The van der Waals surface area contributed by atoms with Crippen LogP contribution in [-0.2, 0) is 5.41 Å². The standard InChI is InChI=1S/C20H33N/c1-3-5-6-10-15-19(21-4-2)20(16-11-12-17-20)18-13-8-7-9-14-18/h7-9,13-14,19,21H,3-6,10-12,15-17H2,1-2H3. The van der Waals surface area contributed by atoms with Gasteiger partial charge in [-0.05, 0) is 31.4 Å². The first-order chi connectivity index (χ1) is 10.3. The van der Waals surface area contributed by atoms with Crippen LogP contribution in [0.1, 0.15) is 77.2 Å². The van der Waals surface area contributed by atoms with E-state index < -0.39 is 0 Å². The summed E-state index contributed by atoms with van der Waals surface area (Å²) in [5.41, 5.74) is 1.97. The Morgan fingerprint density at radius 2 is 1.71 bits per heavy atom. The van der Waals surface area contributed by atoms with Crippen molar-refractivity contribution in [1.29, 1.82) is 0 Å². The summed E-state index contributed by atoms with van der Waals surface area (Å²) < 4.78 is 0. The first-order valence-corrected chi connectivity index (χ1v) is 9.12. The van der Waals surface area contributed by atoms with Crippen molar-refractivity contribution in [3.63, 3.8) is 0 Å². The third-order valence-corrected chi connectivity index (χ3v) is 5.31. The number of unbranched alkanes of at least 4 members (excludes halogenated alkanes) is 3. The van der Waals surface area contributed by atoms with E-state index >= 15 is 0 Å². The lowest BCUT2D eigenvalue weighted by Gasteiger charge is -2.39. The van der Waals surface area contributed by atoms with Crippen LogP contribution in [0.3, 0.4) is 0 Å². The molecule has 1 nitrogen and oxygen atoms in total. The van der Waals surface area contributed by atoms with E-state index in [1.54, 1.807) is 5.56 Å². The van der Waals surface area contributed by atoms with Gasteiger partial charge in [-0.15, -0.1) is 0 Å². The van der Waals surface area contributed by atoms with E-state index in [2.05, 4.69) is 49.5 Å². The zero-order valence-electron chi connectivity index (χ0n) is 14.0. The molecule has 1 aromatic rings. The number of hydrogen-bond acceptors (Lipinski definition) is 1. The monoisotopic (exact) mass is 287 g/mol. The summed E-state index contributed by atoms with van der Waals surface area (Å²) in [4.78, 5) is 0. The van der Waals surface area contributed by atoms with Gasteiger partial charge >= 0.3 is 0 Å². The molecule has 1 saturated carbocycles. The summed E-state index contributed by atoms with van der Waals surface area (Å²) in [6, 6.07) is 12.0. The minimum Gasteiger partial charge on any atom is -0.313 e. The third kappa shape index (κ3) is 4.10. The zero-order chi connectivity index (χ0) is 15.0. The Morgan fingerprint density at radius 1 is 1.00 bits per heavy atom. The van der Waals surface area contributed by atoms with Crippen LogP contribution in [0.4, 0.5) is 0 Å². The SMILES string of the molecule is CCCCCCC(NCC)C1(c2ccccc2)CCCC1. The van der Waals surface area contributed by atoms with Crippen molar-refractivity contribution < 1.29 is 0 Å². The molecule has 2 rings (SSSR count). The molecule has 1 atom stereocenters. The van der Waals surface area contributed by atoms with Gasteiger partial charge in [0.15, 0.2) is 0 Å².